The molecule has 1 unspecified atom stereocenters. The van der Waals surface area contributed by atoms with E-state index in [1.165, 1.54) is 0 Å². The molecule has 1 aromatic carbocycles. The minimum atomic E-state index is -0.217. The third-order valence-electron chi connectivity index (χ3n) is 3.32. The number of hydrogen-bond donors (Lipinski definition) is 2. The topological polar surface area (TPSA) is 76.4 Å². The second-order valence-electron chi connectivity index (χ2n) is 4.66. The van der Waals surface area contributed by atoms with Crippen molar-refractivity contribution in [2.75, 3.05) is 0 Å². The van der Waals surface area contributed by atoms with Gasteiger partial charge in [-0.3, -0.25) is 4.68 Å². The van der Waals surface area contributed by atoms with Gasteiger partial charge >= 0.3 is 0 Å². The predicted octanol–water partition coefficient (Wildman–Crippen LogP) is 2.79. The van der Waals surface area contributed by atoms with Crippen LogP contribution in [0, 0.1) is 13.8 Å². The number of halogens is 1. The van der Waals surface area contributed by atoms with Crippen LogP contribution in [0.15, 0.2) is 40.0 Å². The molecular weight excluding hydrogens is 320 g/mol. The molecule has 2 rings (SSSR count). The monoisotopic (exact) mass is 336 g/mol. The minimum Gasteiger partial charge on any atom is -0.409 e. The molecule has 0 spiro atoms. The fourth-order valence-electron chi connectivity index (χ4n) is 2.15. The van der Waals surface area contributed by atoms with Gasteiger partial charge in [0.2, 0.25) is 0 Å². The molecule has 0 amide bonds. The highest BCUT2D eigenvalue weighted by molar-refractivity contribution is 9.10. The first-order valence-corrected chi connectivity index (χ1v) is 7.05. The third kappa shape index (κ3) is 2.85. The second kappa shape index (κ2) is 6.09. The Morgan fingerprint density at radius 3 is 2.55 bits per heavy atom. The van der Waals surface area contributed by atoms with Crippen molar-refractivity contribution in [3.05, 3.63) is 51.8 Å². The van der Waals surface area contributed by atoms with Crippen molar-refractivity contribution < 1.29 is 5.21 Å². The van der Waals surface area contributed by atoms with Crippen LogP contribution in [0.3, 0.4) is 0 Å². The quantitative estimate of drug-likeness (QED) is 0.390. The van der Waals surface area contributed by atoms with E-state index in [2.05, 4.69) is 26.2 Å². The first-order valence-electron chi connectivity index (χ1n) is 6.26. The van der Waals surface area contributed by atoms with Gasteiger partial charge in [0.15, 0.2) is 0 Å². The van der Waals surface area contributed by atoms with Crippen LogP contribution < -0.4 is 5.73 Å². The van der Waals surface area contributed by atoms with Crippen LogP contribution in [-0.2, 0) is 6.54 Å². The summed E-state index contributed by atoms with van der Waals surface area (Å²) in [5.41, 5.74) is 8.78. The van der Waals surface area contributed by atoms with Gasteiger partial charge in [0, 0.05) is 5.69 Å². The first kappa shape index (κ1) is 14.6. The van der Waals surface area contributed by atoms with E-state index in [1.807, 2.05) is 48.9 Å². The molecule has 1 aromatic heterocycles. The Labute approximate surface area is 126 Å². The van der Waals surface area contributed by atoms with E-state index < -0.39 is 0 Å². The summed E-state index contributed by atoms with van der Waals surface area (Å²) in [6.07, 6.45) is 0. The molecule has 2 aromatic rings. The average molecular weight is 337 g/mol. The highest BCUT2D eigenvalue weighted by atomic mass is 79.9. The van der Waals surface area contributed by atoms with Crippen LogP contribution in [0.4, 0.5) is 0 Å². The van der Waals surface area contributed by atoms with Crippen LogP contribution >= 0.6 is 15.9 Å². The zero-order chi connectivity index (χ0) is 14.7. The van der Waals surface area contributed by atoms with Crippen LogP contribution in [0.1, 0.15) is 22.9 Å². The van der Waals surface area contributed by atoms with Gasteiger partial charge in [-0.15, -0.1) is 0 Å². The van der Waals surface area contributed by atoms with Crippen molar-refractivity contribution >= 4 is 21.8 Å². The molecule has 1 atom stereocenters. The maximum absolute atomic E-state index is 9.00. The Balaban J connectivity index is 2.36. The SMILES string of the molecule is Cc1nn(CC(C(N)=NO)c2ccccc2)c(C)c1Br. The van der Waals surface area contributed by atoms with Gasteiger partial charge in [0.1, 0.15) is 5.84 Å². The number of benzene rings is 1. The summed E-state index contributed by atoms with van der Waals surface area (Å²) in [6.45, 7) is 4.45. The molecule has 1 heterocycles. The molecule has 0 radical (unpaired) electrons. The Kier molecular flexibility index (Phi) is 4.44. The molecule has 0 bridgehead atoms. The summed E-state index contributed by atoms with van der Waals surface area (Å²) >= 11 is 3.51. The molecule has 3 N–H and O–H groups in total. The van der Waals surface area contributed by atoms with E-state index in [0.717, 1.165) is 21.4 Å². The Bertz CT molecular complexity index is 622. The smallest absolute Gasteiger partial charge is 0.148 e. The summed E-state index contributed by atoms with van der Waals surface area (Å²) in [5.74, 6) is -0.0361. The van der Waals surface area contributed by atoms with E-state index in [4.69, 9.17) is 10.9 Å². The molecule has 6 heteroatoms. The van der Waals surface area contributed by atoms with Gasteiger partial charge in [-0.2, -0.15) is 5.10 Å². The molecule has 106 valence electrons. The number of rotatable bonds is 4. The van der Waals surface area contributed by atoms with E-state index in [-0.39, 0.29) is 11.8 Å². The lowest BCUT2D eigenvalue weighted by molar-refractivity contribution is 0.315. The lowest BCUT2D eigenvalue weighted by Gasteiger charge is -2.17. The van der Waals surface area contributed by atoms with Crippen LogP contribution in [0.25, 0.3) is 0 Å². The molecule has 0 fully saturated rings. The van der Waals surface area contributed by atoms with Gasteiger partial charge in [-0.1, -0.05) is 35.5 Å². The summed E-state index contributed by atoms with van der Waals surface area (Å²) in [7, 11) is 0. The first-order chi connectivity index (χ1) is 9.54. The lowest BCUT2D eigenvalue weighted by Crippen LogP contribution is -2.26. The van der Waals surface area contributed by atoms with Gasteiger partial charge in [0.05, 0.1) is 22.6 Å². The van der Waals surface area contributed by atoms with Gasteiger partial charge < -0.3 is 10.9 Å². The Hall–Kier alpha value is -1.82. The van der Waals surface area contributed by atoms with E-state index in [0.29, 0.717) is 6.54 Å². The summed E-state index contributed by atoms with van der Waals surface area (Å²) in [4.78, 5) is 0. The second-order valence-corrected chi connectivity index (χ2v) is 5.45. The van der Waals surface area contributed by atoms with Crippen molar-refractivity contribution in [1.82, 2.24) is 9.78 Å². The van der Waals surface area contributed by atoms with E-state index in [1.54, 1.807) is 0 Å². The largest absolute Gasteiger partial charge is 0.409 e. The third-order valence-corrected chi connectivity index (χ3v) is 4.47. The molecule has 20 heavy (non-hydrogen) atoms. The number of nitrogens with zero attached hydrogens (tertiary/aromatic N) is 3. The predicted molar refractivity (Wildman–Crippen MR) is 82.0 cm³/mol. The highest BCUT2D eigenvalue weighted by Gasteiger charge is 2.20. The fourth-order valence-corrected chi connectivity index (χ4v) is 2.43. The van der Waals surface area contributed by atoms with Crippen molar-refractivity contribution in [2.24, 2.45) is 10.9 Å². The summed E-state index contributed by atoms with van der Waals surface area (Å²) in [6, 6.07) is 9.73. The fraction of sp³-hybridized carbons (Fsp3) is 0.286. The number of aryl methyl sites for hydroxylation is 1. The van der Waals surface area contributed by atoms with Crippen molar-refractivity contribution in [1.29, 1.82) is 0 Å². The Morgan fingerprint density at radius 2 is 2.05 bits per heavy atom. The highest BCUT2D eigenvalue weighted by Crippen LogP contribution is 2.24. The normalized spacial score (nSPS) is 13.4. The number of hydrogen-bond acceptors (Lipinski definition) is 3. The molecule has 5 nitrogen and oxygen atoms in total. The molecule has 0 saturated carbocycles. The van der Waals surface area contributed by atoms with Crippen molar-refractivity contribution in [2.45, 2.75) is 26.3 Å². The summed E-state index contributed by atoms with van der Waals surface area (Å²) < 4.78 is 2.86. The van der Waals surface area contributed by atoms with Gasteiger partial charge in [0.25, 0.3) is 0 Å². The van der Waals surface area contributed by atoms with E-state index in [9.17, 15) is 0 Å². The zero-order valence-corrected chi connectivity index (χ0v) is 13.0. The molecule has 0 aliphatic rings. The molecular formula is C14H17BrN4O. The van der Waals surface area contributed by atoms with Crippen molar-refractivity contribution in [3.8, 4) is 0 Å². The van der Waals surface area contributed by atoms with Crippen LogP contribution in [0.2, 0.25) is 0 Å². The van der Waals surface area contributed by atoms with E-state index >= 15 is 0 Å². The number of nitrogens with two attached hydrogens (primary N) is 1. The maximum Gasteiger partial charge on any atom is 0.148 e. The minimum absolute atomic E-state index is 0.180. The number of aromatic nitrogens is 2. The van der Waals surface area contributed by atoms with Crippen molar-refractivity contribution in [3.63, 3.8) is 0 Å². The lowest BCUT2D eigenvalue weighted by atomic mass is 9.98. The van der Waals surface area contributed by atoms with Gasteiger partial charge in [-0.25, -0.2) is 0 Å². The maximum atomic E-state index is 9.00. The van der Waals surface area contributed by atoms with Crippen LogP contribution in [0.5, 0.6) is 0 Å². The average Bonchev–Trinajstić information content (AvgIpc) is 2.72. The number of oxime groups is 1. The number of amidine groups is 1. The molecule has 0 aliphatic carbocycles. The molecule has 0 saturated heterocycles. The molecule has 0 aliphatic heterocycles. The van der Waals surface area contributed by atoms with Crippen LogP contribution in [-0.4, -0.2) is 20.8 Å². The summed E-state index contributed by atoms with van der Waals surface area (Å²) in [5, 5.41) is 16.6. The van der Waals surface area contributed by atoms with Gasteiger partial charge in [-0.05, 0) is 35.3 Å². The zero-order valence-electron chi connectivity index (χ0n) is 11.4. The Morgan fingerprint density at radius 1 is 1.40 bits per heavy atom. The standard InChI is InChI=1S/C14H17BrN4O/c1-9-13(15)10(2)19(17-9)8-12(14(16)18-20)11-6-4-3-5-7-11/h3-7,12,20H,8H2,1-2H3,(H2,16,18).